The van der Waals surface area contributed by atoms with Gasteiger partial charge in [-0.05, 0) is 50.1 Å². The van der Waals surface area contributed by atoms with Gasteiger partial charge in [0.05, 0.1) is 31.4 Å². The predicted molar refractivity (Wildman–Crippen MR) is 137 cm³/mol. The fourth-order valence-electron chi connectivity index (χ4n) is 4.15. The number of carboxylic acid groups (broad SMARTS) is 1. The van der Waals surface area contributed by atoms with Crippen molar-refractivity contribution in [3.63, 3.8) is 0 Å². The topological polar surface area (TPSA) is 123 Å². The molecule has 3 aromatic rings. The molecule has 1 aromatic heterocycles. The van der Waals surface area contributed by atoms with Gasteiger partial charge in [-0.2, -0.15) is 0 Å². The van der Waals surface area contributed by atoms with Gasteiger partial charge in [-0.3, -0.25) is 4.79 Å². The van der Waals surface area contributed by atoms with E-state index in [1.807, 2.05) is 36.1 Å². The quantitative estimate of drug-likeness (QED) is 0.425. The smallest absolute Gasteiger partial charge is 0.335 e. The van der Waals surface area contributed by atoms with Gasteiger partial charge in [0.25, 0.3) is 5.91 Å². The number of ether oxygens (including phenoxy) is 3. The molecule has 2 heterocycles. The molecular weight excluding hydrogens is 476 g/mol. The number of piperidine rings is 1. The van der Waals surface area contributed by atoms with Crippen LogP contribution in [0.1, 0.15) is 46.0 Å². The van der Waals surface area contributed by atoms with Crippen molar-refractivity contribution >= 4 is 17.8 Å². The SMILES string of the molecule is CCOc1ccccc1OC1CCCN(c2ncc(C(=O)NCc3cc(C(=O)O)ccc3OC)cn2)C1. The van der Waals surface area contributed by atoms with Crippen molar-refractivity contribution in [2.24, 2.45) is 0 Å². The van der Waals surface area contributed by atoms with Gasteiger partial charge in [0.15, 0.2) is 11.5 Å². The van der Waals surface area contributed by atoms with E-state index in [4.69, 9.17) is 14.2 Å². The second-order valence-corrected chi connectivity index (χ2v) is 8.49. The first kappa shape index (κ1) is 25.7. The summed E-state index contributed by atoms with van der Waals surface area (Å²) in [4.78, 5) is 34.8. The summed E-state index contributed by atoms with van der Waals surface area (Å²) < 4.78 is 17.2. The van der Waals surface area contributed by atoms with Crippen LogP contribution in [0.4, 0.5) is 5.95 Å². The molecule has 1 amide bonds. The molecule has 0 spiro atoms. The lowest BCUT2D eigenvalue weighted by molar-refractivity contribution is 0.0696. The minimum atomic E-state index is -1.05. The number of carbonyl (C=O) groups excluding carboxylic acids is 1. The Bertz CT molecular complexity index is 1230. The summed E-state index contributed by atoms with van der Waals surface area (Å²) in [6.45, 7) is 4.00. The van der Waals surface area contributed by atoms with Crippen LogP contribution in [0.3, 0.4) is 0 Å². The molecule has 10 heteroatoms. The number of methoxy groups -OCH3 is 1. The molecule has 0 radical (unpaired) electrons. The average molecular weight is 507 g/mol. The summed E-state index contributed by atoms with van der Waals surface area (Å²) in [5.41, 5.74) is 0.967. The van der Waals surface area contributed by atoms with E-state index in [2.05, 4.69) is 15.3 Å². The molecule has 2 aromatic carbocycles. The van der Waals surface area contributed by atoms with Crippen LogP contribution in [-0.2, 0) is 6.54 Å². The largest absolute Gasteiger partial charge is 0.496 e. The molecule has 4 rings (SSSR count). The highest BCUT2D eigenvalue weighted by atomic mass is 16.5. The van der Waals surface area contributed by atoms with Gasteiger partial charge >= 0.3 is 5.97 Å². The molecule has 1 atom stereocenters. The number of nitrogens with zero attached hydrogens (tertiary/aromatic N) is 3. The zero-order chi connectivity index (χ0) is 26.2. The number of hydrogen-bond acceptors (Lipinski definition) is 8. The number of para-hydroxylation sites is 2. The Labute approximate surface area is 215 Å². The second-order valence-electron chi connectivity index (χ2n) is 8.49. The second kappa shape index (κ2) is 12.1. The Morgan fingerprint density at radius 2 is 1.84 bits per heavy atom. The summed E-state index contributed by atoms with van der Waals surface area (Å²) in [5, 5.41) is 12.0. The molecule has 194 valence electrons. The summed E-state index contributed by atoms with van der Waals surface area (Å²) in [6, 6.07) is 12.1. The van der Waals surface area contributed by atoms with Gasteiger partial charge in [-0.25, -0.2) is 14.8 Å². The number of carbonyl (C=O) groups is 2. The van der Waals surface area contributed by atoms with Gasteiger partial charge in [0.1, 0.15) is 11.9 Å². The molecule has 2 N–H and O–H groups in total. The number of nitrogens with one attached hydrogen (secondary N) is 1. The number of aromatic carboxylic acids is 1. The summed E-state index contributed by atoms with van der Waals surface area (Å²) in [6.07, 6.45) is 4.75. The Hall–Kier alpha value is -4.34. The highest BCUT2D eigenvalue weighted by Gasteiger charge is 2.24. The molecule has 1 unspecified atom stereocenters. The highest BCUT2D eigenvalue weighted by Crippen LogP contribution is 2.29. The number of benzene rings is 2. The minimum Gasteiger partial charge on any atom is -0.496 e. The normalized spacial score (nSPS) is 15.1. The van der Waals surface area contributed by atoms with Crippen LogP contribution in [0.2, 0.25) is 0 Å². The Morgan fingerprint density at radius 3 is 2.54 bits per heavy atom. The zero-order valence-electron chi connectivity index (χ0n) is 20.8. The van der Waals surface area contributed by atoms with E-state index in [-0.39, 0.29) is 24.1 Å². The Morgan fingerprint density at radius 1 is 1.08 bits per heavy atom. The highest BCUT2D eigenvalue weighted by molar-refractivity contribution is 5.93. The average Bonchev–Trinajstić information content (AvgIpc) is 2.93. The molecule has 1 fully saturated rings. The number of carboxylic acids is 1. The first-order chi connectivity index (χ1) is 18.0. The van der Waals surface area contributed by atoms with Crippen molar-refractivity contribution in [1.29, 1.82) is 0 Å². The summed E-state index contributed by atoms with van der Waals surface area (Å²) >= 11 is 0. The zero-order valence-corrected chi connectivity index (χ0v) is 20.8. The molecule has 1 aliphatic heterocycles. The monoisotopic (exact) mass is 506 g/mol. The minimum absolute atomic E-state index is 0.0431. The standard InChI is InChI=1S/C27H30N4O6/c1-3-36-23-8-4-5-9-24(23)37-21-7-6-12-31(17-21)27-29-15-20(16-30-27)25(32)28-14-19-13-18(26(33)34)10-11-22(19)35-2/h4-5,8-11,13,15-16,21H,3,6-7,12,14,17H2,1-2H3,(H,28,32)(H,33,34). The predicted octanol–water partition coefficient (Wildman–Crippen LogP) is 3.56. The van der Waals surface area contributed by atoms with Crippen molar-refractivity contribution in [2.45, 2.75) is 32.4 Å². The van der Waals surface area contributed by atoms with Gasteiger partial charge in [0.2, 0.25) is 5.95 Å². The summed E-state index contributed by atoms with van der Waals surface area (Å²) in [5.74, 6) is 1.03. The van der Waals surface area contributed by atoms with Crippen molar-refractivity contribution in [3.05, 3.63) is 71.5 Å². The molecule has 0 saturated carbocycles. The molecular formula is C27H30N4O6. The van der Waals surface area contributed by atoms with E-state index in [0.29, 0.717) is 36.0 Å². The molecule has 0 bridgehead atoms. The van der Waals surface area contributed by atoms with E-state index in [0.717, 1.165) is 30.9 Å². The third-order valence-electron chi connectivity index (χ3n) is 5.97. The Kier molecular flexibility index (Phi) is 8.40. The lowest BCUT2D eigenvalue weighted by Crippen LogP contribution is -2.42. The van der Waals surface area contributed by atoms with E-state index < -0.39 is 5.97 Å². The first-order valence-corrected chi connectivity index (χ1v) is 12.1. The number of amides is 1. The van der Waals surface area contributed by atoms with Crippen LogP contribution in [0.5, 0.6) is 17.2 Å². The lowest BCUT2D eigenvalue weighted by Gasteiger charge is -2.33. The maximum Gasteiger partial charge on any atom is 0.335 e. The first-order valence-electron chi connectivity index (χ1n) is 12.1. The number of anilines is 1. The maximum absolute atomic E-state index is 12.7. The third-order valence-corrected chi connectivity index (χ3v) is 5.97. The van der Waals surface area contributed by atoms with Crippen LogP contribution < -0.4 is 24.4 Å². The van der Waals surface area contributed by atoms with Crippen LogP contribution in [0.25, 0.3) is 0 Å². The van der Waals surface area contributed by atoms with E-state index in [1.54, 1.807) is 6.07 Å². The maximum atomic E-state index is 12.7. The van der Waals surface area contributed by atoms with Crippen LogP contribution >= 0.6 is 0 Å². The van der Waals surface area contributed by atoms with Crippen molar-refractivity contribution in [3.8, 4) is 17.2 Å². The van der Waals surface area contributed by atoms with Crippen molar-refractivity contribution < 1.29 is 28.9 Å². The third kappa shape index (κ3) is 6.46. The van der Waals surface area contributed by atoms with Crippen LogP contribution in [0.15, 0.2) is 54.9 Å². The van der Waals surface area contributed by atoms with Crippen LogP contribution in [-0.4, -0.2) is 59.9 Å². The van der Waals surface area contributed by atoms with Crippen LogP contribution in [0, 0.1) is 0 Å². The van der Waals surface area contributed by atoms with Gasteiger partial charge in [0, 0.05) is 31.0 Å². The number of aromatic nitrogens is 2. The number of rotatable bonds is 10. The van der Waals surface area contributed by atoms with E-state index >= 15 is 0 Å². The molecule has 0 aliphatic carbocycles. The fourth-order valence-corrected chi connectivity index (χ4v) is 4.15. The van der Waals surface area contributed by atoms with Crippen molar-refractivity contribution in [2.75, 3.05) is 31.7 Å². The number of hydrogen-bond donors (Lipinski definition) is 2. The van der Waals surface area contributed by atoms with Crippen molar-refractivity contribution in [1.82, 2.24) is 15.3 Å². The van der Waals surface area contributed by atoms with Gasteiger partial charge in [-0.15, -0.1) is 0 Å². The molecule has 37 heavy (non-hydrogen) atoms. The van der Waals surface area contributed by atoms with E-state index in [1.165, 1.54) is 31.6 Å². The molecule has 1 aliphatic rings. The van der Waals surface area contributed by atoms with Gasteiger partial charge < -0.3 is 29.5 Å². The van der Waals surface area contributed by atoms with E-state index in [9.17, 15) is 14.7 Å². The lowest BCUT2D eigenvalue weighted by atomic mass is 10.1. The summed E-state index contributed by atoms with van der Waals surface area (Å²) in [7, 11) is 1.49. The Balaban J connectivity index is 1.37. The van der Waals surface area contributed by atoms with Gasteiger partial charge in [-0.1, -0.05) is 12.1 Å². The molecule has 1 saturated heterocycles. The molecule has 10 nitrogen and oxygen atoms in total. The fraction of sp³-hybridized carbons (Fsp3) is 0.333.